The summed E-state index contributed by atoms with van der Waals surface area (Å²) in [6.07, 6.45) is 0. The molecule has 2 atom stereocenters. The number of alkyl halides is 2. The Bertz CT molecular complexity index is 1340. The zero-order valence-electron chi connectivity index (χ0n) is 17.5. The minimum atomic E-state index is -1.33. The van der Waals surface area contributed by atoms with Crippen molar-refractivity contribution in [2.24, 2.45) is 5.92 Å². The summed E-state index contributed by atoms with van der Waals surface area (Å²) in [5.41, 5.74) is 1.70. The van der Waals surface area contributed by atoms with Crippen molar-refractivity contribution in [2.45, 2.75) is 15.1 Å². The third-order valence-corrected chi connectivity index (χ3v) is 7.64. The van der Waals surface area contributed by atoms with Crippen LogP contribution in [0.25, 0.3) is 0 Å². The second-order valence-electron chi connectivity index (χ2n) is 7.69. The number of benzene rings is 3. The van der Waals surface area contributed by atoms with Gasteiger partial charge in [-0.1, -0.05) is 34.8 Å². The maximum atomic E-state index is 13.0. The van der Waals surface area contributed by atoms with E-state index >= 15 is 0 Å². The minimum Gasteiger partial charge on any atom is -0.326 e. The van der Waals surface area contributed by atoms with Crippen molar-refractivity contribution in [1.82, 2.24) is 0 Å². The number of hydrogen-bond acceptors (Lipinski definition) is 4. The van der Waals surface area contributed by atoms with Gasteiger partial charge < -0.3 is 10.6 Å². The lowest BCUT2D eigenvalue weighted by atomic mass is 10.1. The van der Waals surface area contributed by atoms with Crippen LogP contribution in [0.1, 0.15) is 21.8 Å². The van der Waals surface area contributed by atoms with E-state index in [9.17, 15) is 9.59 Å². The summed E-state index contributed by atoms with van der Waals surface area (Å²) >= 11 is 32.2. The molecule has 1 fully saturated rings. The molecule has 3 aromatic carbocycles. The molecule has 0 spiro atoms. The molecule has 11 heteroatoms. The first-order valence-electron chi connectivity index (χ1n) is 10.0. The van der Waals surface area contributed by atoms with Gasteiger partial charge in [0.05, 0.1) is 16.5 Å². The van der Waals surface area contributed by atoms with Crippen LogP contribution < -0.4 is 10.6 Å². The van der Waals surface area contributed by atoms with Gasteiger partial charge in [-0.15, -0.1) is 23.2 Å². The van der Waals surface area contributed by atoms with Crippen molar-refractivity contribution >= 4 is 93.0 Å². The molecule has 1 saturated carbocycles. The van der Waals surface area contributed by atoms with E-state index < -0.39 is 28.0 Å². The summed E-state index contributed by atoms with van der Waals surface area (Å²) in [5.74, 6) is -2.14. The number of carbonyl (C=O) groups excluding carboxylic acids is 2. The fourth-order valence-electron chi connectivity index (χ4n) is 3.68. The van der Waals surface area contributed by atoms with Crippen molar-refractivity contribution in [3.05, 3.63) is 86.9 Å². The number of anilines is 2. The van der Waals surface area contributed by atoms with Crippen LogP contribution in [0, 0.1) is 16.6 Å². The maximum Gasteiger partial charge on any atom is 0.257 e. The second kappa shape index (κ2) is 10.5. The highest BCUT2D eigenvalue weighted by Crippen LogP contribution is 2.65. The summed E-state index contributed by atoms with van der Waals surface area (Å²) in [4.78, 5) is 26.5. The quantitative estimate of drug-likeness (QED) is 0.174. The van der Waals surface area contributed by atoms with Gasteiger partial charge in [0, 0.05) is 32.2 Å². The van der Waals surface area contributed by atoms with E-state index in [0.29, 0.717) is 27.0 Å². The highest BCUT2D eigenvalue weighted by Gasteiger charge is 2.67. The molecule has 0 heterocycles. The third-order valence-electron chi connectivity index (χ3n) is 5.33. The van der Waals surface area contributed by atoms with Crippen LogP contribution in [0.2, 0.25) is 15.1 Å². The number of amides is 2. The SMILES string of the molecule is N#CSc1ccc(NC(=O)c2cc(NC(=O)[C@@H]3[C@@H](c4cc(Cl)cc(Cl)c4)C3(Cl)Cl)ccc2Cl)cc1. The zero-order chi connectivity index (χ0) is 25.3. The molecular weight excluding hydrogens is 572 g/mol. The first kappa shape index (κ1) is 26.0. The molecule has 4 rings (SSSR count). The lowest BCUT2D eigenvalue weighted by molar-refractivity contribution is -0.117. The van der Waals surface area contributed by atoms with Crippen molar-refractivity contribution in [2.75, 3.05) is 10.6 Å². The number of carbonyl (C=O) groups is 2. The summed E-state index contributed by atoms with van der Waals surface area (Å²) in [7, 11) is 0. The fraction of sp³-hybridized carbons (Fsp3) is 0.125. The number of halogens is 5. The van der Waals surface area contributed by atoms with Crippen molar-refractivity contribution in [1.29, 1.82) is 5.26 Å². The molecule has 0 aliphatic heterocycles. The molecule has 0 radical (unpaired) electrons. The normalized spacial score (nSPS) is 17.8. The highest BCUT2D eigenvalue weighted by molar-refractivity contribution is 8.03. The molecule has 1 aliphatic carbocycles. The number of nitrogens with one attached hydrogen (secondary N) is 2. The van der Waals surface area contributed by atoms with E-state index in [2.05, 4.69) is 10.6 Å². The predicted molar refractivity (Wildman–Crippen MR) is 143 cm³/mol. The van der Waals surface area contributed by atoms with Gasteiger partial charge in [0.2, 0.25) is 5.91 Å². The van der Waals surface area contributed by atoms with Crippen LogP contribution in [-0.4, -0.2) is 16.1 Å². The van der Waals surface area contributed by atoms with E-state index in [1.807, 2.05) is 5.40 Å². The molecular formula is C24H14Cl5N3O2S. The molecule has 1 aliphatic rings. The Morgan fingerprint density at radius 1 is 0.886 bits per heavy atom. The summed E-state index contributed by atoms with van der Waals surface area (Å²) in [5, 5.41) is 17.2. The Kier molecular flexibility index (Phi) is 7.77. The Hall–Kier alpha value is -2.11. The predicted octanol–water partition coefficient (Wildman–Crippen LogP) is 8.00. The van der Waals surface area contributed by atoms with E-state index in [1.165, 1.54) is 12.1 Å². The monoisotopic (exact) mass is 583 g/mol. The molecule has 3 aromatic rings. The van der Waals surface area contributed by atoms with Gasteiger partial charge in [-0.05, 0) is 78.0 Å². The summed E-state index contributed by atoms with van der Waals surface area (Å²) < 4.78 is -1.33. The Morgan fingerprint density at radius 2 is 1.51 bits per heavy atom. The standard InChI is InChI=1S/C24H14Cl5N3O2S/c25-13-7-12(8-14(26)9-13)20-21(24(20,28)29)23(34)32-16-3-6-19(27)18(10-16)22(33)31-15-1-4-17(5-2-15)35-11-30/h1-10,20-21H,(H,31,33)(H,32,34)/t20-,21+/m1/s1. The molecule has 0 aromatic heterocycles. The van der Waals surface area contributed by atoms with Gasteiger partial charge in [-0.3, -0.25) is 9.59 Å². The topological polar surface area (TPSA) is 82.0 Å². The molecule has 178 valence electrons. The number of nitrogens with zero attached hydrogens (tertiary/aromatic N) is 1. The zero-order valence-corrected chi connectivity index (χ0v) is 22.1. The fourth-order valence-corrected chi connectivity index (χ4v) is 5.63. The van der Waals surface area contributed by atoms with Crippen molar-refractivity contribution < 1.29 is 9.59 Å². The Labute approximate surface area is 230 Å². The largest absolute Gasteiger partial charge is 0.326 e. The molecule has 5 nitrogen and oxygen atoms in total. The van der Waals surface area contributed by atoms with E-state index in [-0.39, 0.29) is 10.6 Å². The molecule has 2 N–H and O–H groups in total. The lowest BCUT2D eigenvalue weighted by Crippen LogP contribution is -2.18. The smallest absolute Gasteiger partial charge is 0.257 e. The van der Waals surface area contributed by atoms with Gasteiger partial charge in [0.25, 0.3) is 5.91 Å². The lowest BCUT2D eigenvalue weighted by Gasteiger charge is -2.10. The average molecular weight is 586 g/mol. The van der Waals surface area contributed by atoms with Crippen LogP contribution >= 0.6 is 69.8 Å². The number of rotatable bonds is 6. The minimum absolute atomic E-state index is 0.164. The van der Waals surface area contributed by atoms with Crippen LogP contribution in [0.3, 0.4) is 0 Å². The second-order valence-corrected chi connectivity index (χ2v) is 11.3. The number of thioether (sulfide) groups is 1. The molecule has 0 saturated heterocycles. The average Bonchev–Trinajstić information content (AvgIpc) is 3.38. The van der Waals surface area contributed by atoms with Crippen LogP contribution in [0.15, 0.2) is 65.6 Å². The highest BCUT2D eigenvalue weighted by atomic mass is 35.5. The Balaban J connectivity index is 1.48. The van der Waals surface area contributed by atoms with Crippen molar-refractivity contribution in [3.63, 3.8) is 0 Å². The number of nitriles is 1. The maximum absolute atomic E-state index is 13.0. The third kappa shape index (κ3) is 5.83. The first-order chi connectivity index (χ1) is 16.6. The Morgan fingerprint density at radius 3 is 2.14 bits per heavy atom. The van der Waals surface area contributed by atoms with Gasteiger partial charge in [-0.25, -0.2) is 0 Å². The van der Waals surface area contributed by atoms with Crippen LogP contribution in [-0.2, 0) is 4.79 Å². The molecule has 0 unspecified atom stereocenters. The van der Waals surface area contributed by atoms with E-state index in [4.69, 9.17) is 63.3 Å². The van der Waals surface area contributed by atoms with Gasteiger partial charge in [0.1, 0.15) is 9.73 Å². The van der Waals surface area contributed by atoms with Crippen molar-refractivity contribution in [3.8, 4) is 5.40 Å². The number of hydrogen-bond donors (Lipinski definition) is 2. The molecule has 35 heavy (non-hydrogen) atoms. The molecule has 2 amide bonds. The summed E-state index contributed by atoms with van der Waals surface area (Å²) in [6, 6.07) is 16.2. The van der Waals surface area contributed by atoms with Crippen LogP contribution in [0.4, 0.5) is 11.4 Å². The van der Waals surface area contributed by atoms with Gasteiger partial charge in [-0.2, -0.15) is 5.26 Å². The van der Waals surface area contributed by atoms with E-state index in [1.54, 1.807) is 48.5 Å². The van der Waals surface area contributed by atoms with Gasteiger partial charge in [0.15, 0.2) is 0 Å². The van der Waals surface area contributed by atoms with E-state index in [0.717, 1.165) is 16.7 Å². The first-order valence-corrected chi connectivity index (χ1v) is 12.7. The van der Waals surface area contributed by atoms with Gasteiger partial charge >= 0.3 is 0 Å². The summed E-state index contributed by atoms with van der Waals surface area (Å²) in [6.45, 7) is 0. The van der Waals surface area contributed by atoms with Crippen LogP contribution in [0.5, 0.6) is 0 Å². The molecule has 0 bridgehead atoms. The number of thiocyanates is 1.